The topological polar surface area (TPSA) is 86.7 Å². The van der Waals surface area contributed by atoms with Crippen LogP contribution in [0.3, 0.4) is 0 Å². The summed E-state index contributed by atoms with van der Waals surface area (Å²) in [7, 11) is -4.78. The van der Waals surface area contributed by atoms with Crippen LogP contribution in [0.4, 0.5) is 17.6 Å². The maximum absolute atomic E-state index is 13.8. The van der Waals surface area contributed by atoms with Gasteiger partial charge in [0.05, 0.1) is 6.54 Å². The minimum atomic E-state index is -4.78. The predicted octanol–water partition coefficient (Wildman–Crippen LogP) is 1.74. The van der Waals surface area contributed by atoms with Gasteiger partial charge in [0.2, 0.25) is 10.0 Å². The van der Waals surface area contributed by atoms with Gasteiger partial charge in [-0.05, 0) is 25.3 Å². The number of piperidine rings is 1. The third-order valence-electron chi connectivity index (χ3n) is 3.86. The second kappa shape index (κ2) is 8.98. The second-order valence-corrected chi connectivity index (χ2v) is 7.57. The monoisotopic (exact) mass is 420 g/mol. The summed E-state index contributed by atoms with van der Waals surface area (Å²) >= 11 is 0. The van der Waals surface area contributed by atoms with E-state index in [1.807, 2.05) is 0 Å². The Morgan fingerprint density at radius 3 is 2.35 bits per heavy atom. The minimum absolute atomic E-state index is 0. The summed E-state index contributed by atoms with van der Waals surface area (Å²) in [5.74, 6) is -8.91. The number of halogens is 5. The first-order chi connectivity index (χ1) is 11.6. The van der Waals surface area contributed by atoms with Gasteiger partial charge in [0, 0.05) is 19.2 Å². The van der Waals surface area contributed by atoms with Gasteiger partial charge in [-0.1, -0.05) is 0 Å². The third kappa shape index (κ3) is 4.84. The molecule has 0 aliphatic carbocycles. The number of rotatable bonds is 6. The zero-order chi connectivity index (χ0) is 18.8. The molecule has 1 aliphatic heterocycles. The van der Waals surface area contributed by atoms with Crippen molar-refractivity contribution in [2.75, 3.05) is 26.2 Å². The van der Waals surface area contributed by atoms with Gasteiger partial charge in [-0.2, -0.15) is 4.31 Å². The molecule has 6 nitrogen and oxygen atoms in total. The molecule has 0 aromatic heterocycles. The van der Waals surface area contributed by atoms with E-state index in [9.17, 15) is 30.8 Å². The maximum Gasteiger partial charge on any atom is 0.317 e. The van der Waals surface area contributed by atoms with Crippen molar-refractivity contribution in [3.8, 4) is 0 Å². The van der Waals surface area contributed by atoms with E-state index in [4.69, 9.17) is 5.11 Å². The van der Waals surface area contributed by atoms with Crippen molar-refractivity contribution >= 4 is 28.4 Å². The zero-order valence-electron chi connectivity index (χ0n) is 13.3. The molecular formula is C14H17ClF4N2O4S. The van der Waals surface area contributed by atoms with E-state index in [1.54, 1.807) is 0 Å². The highest BCUT2D eigenvalue weighted by Gasteiger charge is 2.36. The molecule has 1 aromatic carbocycles. The lowest BCUT2D eigenvalue weighted by Gasteiger charge is -2.32. The van der Waals surface area contributed by atoms with Crippen molar-refractivity contribution in [3.63, 3.8) is 0 Å². The molecule has 1 atom stereocenters. The lowest BCUT2D eigenvalue weighted by Crippen LogP contribution is -2.44. The first-order valence-corrected chi connectivity index (χ1v) is 8.84. The lowest BCUT2D eigenvalue weighted by atomic mass is 10.00. The Kier molecular flexibility index (Phi) is 7.81. The largest absolute Gasteiger partial charge is 0.480 e. The highest BCUT2D eigenvalue weighted by molar-refractivity contribution is 7.89. The molecule has 0 bridgehead atoms. The number of benzene rings is 1. The molecular weight excluding hydrogens is 404 g/mol. The van der Waals surface area contributed by atoms with Gasteiger partial charge in [0.15, 0.2) is 28.2 Å². The van der Waals surface area contributed by atoms with E-state index in [2.05, 4.69) is 5.32 Å². The molecule has 1 unspecified atom stereocenters. The summed E-state index contributed by atoms with van der Waals surface area (Å²) < 4.78 is 79.9. The number of nitrogens with zero attached hydrogens (tertiary/aromatic N) is 1. The summed E-state index contributed by atoms with van der Waals surface area (Å²) in [5, 5.41) is 11.2. The third-order valence-corrected chi connectivity index (χ3v) is 5.75. The van der Waals surface area contributed by atoms with E-state index in [0.29, 0.717) is 12.8 Å². The van der Waals surface area contributed by atoms with Crippen LogP contribution in [0.1, 0.15) is 12.8 Å². The van der Waals surface area contributed by atoms with E-state index >= 15 is 0 Å². The summed E-state index contributed by atoms with van der Waals surface area (Å²) in [6, 6.07) is -0.0570. The summed E-state index contributed by atoms with van der Waals surface area (Å²) in [6.45, 7) is -0.344. The average molecular weight is 421 g/mol. The van der Waals surface area contributed by atoms with Crippen LogP contribution < -0.4 is 5.32 Å². The summed E-state index contributed by atoms with van der Waals surface area (Å²) in [4.78, 5) is 8.82. The quantitative estimate of drug-likeness (QED) is 0.541. The molecule has 12 heteroatoms. The van der Waals surface area contributed by atoms with Gasteiger partial charge in [-0.15, -0.1) is 12.4 Å². The Morgan fingerprint density at radius 2 is 1.81 bits per heavy atom. The molecule has 0 radical (unpaired) electrons. The van der Waals surface area contributed by atoms with Crippen LogP contribution in [0.25, 0.3) is 0 Å². The molecule has 0 saturated carbocycles. The van der Waals surface area contributed by atoms with Crippen molar-refractivity contribution in [3.05, 3.63) is 29.3 Å². The highest BCUT2D eigenvalue weighted by Crippen LogP contribution is 2.29. The molecule has 148 valence electrons. The van der Waals surface area contributed by atoms with Gasteiger partial charge >= 0.3 is 5.97 Å². The molecule has 2 rings (SSSR count). The Labute approximate surface area is 153 Å². The molecule has 2 N–H and O–H groups in total. The number of aliphatic carboxylic acids is 1. The molecule has 1 heterocycles. The summed E-state index contributed by atoms with van der Waals surface area (Å²) in [6.07, 6.45) is 0.931. The van der Waals surface area contributed by atoms with Crippen molar-refractivity contribution in [2.24, 2.45) is 5.92 Å². The highest BCUT2D eigenvalue weighted by atomic mass is 35.5. The van der Waals surface area contributed by atoms with Crippen LogP contribution in [0, 0.1) is 29.2 Å². The van der Waals surface area contributed by atoms with E-state index < -0.39 is 44.2 Å². The van der Waals surface area contributed by atoms with Crippen LogP contribution in [0.5, 0.6) is 0 Å². The fraction of sp³-hybridized carbons (Fsp3) is 0.500. The molecule has 1 fully saturated rings. The number of hydrogen-bond acceptors (Lipinski definition) is 4. The number of nitrogens with one attached hydrogen (secondary N) is 1. The standard InChI is InChI=1S/C14H16F4N2O4S.ClH/c15-9-4-10(16)13(18)14(12(9)17)25(23,24)20-3-1-2-8(7-20)5-19-6-11(21)22;/h4,8,19H,1-3,5-7H2,(H,21,22);1H. The van der Waals surface area contributed by atoms with Crippen LogP contribution >= 0.6 is 12.4 Å². The number of sulfonamides is 1. The fourth-order valence-electron chi connectivity index (χ4n) is 2.70. The van der Waals surface area contributed by atoms with Crippen LogP contribution in [0.15, 0.2) is 11.0 Å². The van der Waals surface area contributed by atoms with Crippen molar-refractivity contribution < 1.29 is 35.9 Å². The lowest BCUT2D eigenvalue weighted by molar-refractivity contribution is -0.136. The Bertz CT molecular complexity index is 752. The first kappa shape index (κ1) is 22.6. The van der Waals surface area contributed by atoms with E-state index in [-0.39, 0.29) is 50.6 Å². The van der Waals surface area contributed by atoms with E-state index in [0.717, 1.165) is 4.31 Å². The normalized spacial score (nSPS) is 18.4. The van der Waals surface area contributed by atoms with Crippen molar-refractivity contribution in [1.82, 2.24) is 9.62 Å². The van der Waals surface area contributed by atoms with Crippen molar-refractivity contribution in [2.45, 2.75) is 17.7 Å². The summed E-state index contributed by atoms with van der Waals surface area (Å²) in [5.41, 5.74) is 0. The van der Waals surface area contributed by atoms with Gasteiger partial charge in [-0.3, -0.25) is 4.79 Å². The fourth-order valence-corrected chi connectivity index (χ4v) is 4.38. The van der Waals surface area contributed by atoms with Crippen LogP contribution in [-0.2, 0) is 14.8 Å². The predicted molar refractivity (Wildman–Crippen MR) is 85.5 cm³/mol. The number of carboxylic acid groups (broad SMARTS) is 1. The number of hydrogen-bond donors (Lipinski definition) is 2. The Balaban J connectivity index is 0.00000338. The zero-order valence-corrected chi connectivity index (χ0v) is 15.0. The molecule has 1 saturated heterocycles. The minimum Gasteiger partial charge on any atom is -0.480 e. The van der Waals surface area contributed by atoms with Gasteiger partial charge < -0.3 is 10.4 Å². The van der Waals surface area contributed by atoms with Gasteiger partial charge in [-0.25, -0.2) is 26.0 Å². The van der Waals surface area contributed by atoms with Crippen LogP contribution in [0.2, 0.25) is 0 Å². The molecule has 1 aromatic rings. The smallest absolute Gasteiger partial charge is 0.317 e. The van der Waals surface area contributed by atoms with Gasteiger partial charge in [0.1, 0.15) is 0 Å². The number of carboxylic acids is 1. The van der Waals surface area contributed by atoms with Crippen molar-refractivity contribution in [1.29, 1.82) is 0 Å². The van der Waals surface area contributed by atoms with Crippen LogP contribution in [-0.4, -0.2) is 50.0 Å². The SMILES string of the molecule is Cl.O=C(O)CNCC1CCCN(S(=O)(=O)c2c(F)c(F)cc(F)c2F)C1. The van der Waals surface area contributed by atoms with Gasteiger partial charge in [0.25, 0.3) is 0 Å². The molecule has 0 spiro atoms. The molecule has 1 aliphatic rings. The Morgan fingerprint density at radius 1 is 1.23 bits per heavy atom. The first-order valence-electron chi connectivity index (χ1n) is 7.40. The Hall–Kier alpha value is -1.43. The maximum atomic E-state index is 13.8. The second-order valence-electron chi connectivity index (χ2n) is 5.69. The van der Waals surface area contributed by atoms with E-state index in [1.165, 1.54) is 0 Å². The average Bonchev–Trinajstić information content (AvgIpc) is 2.53. The number of carbonyl (C=O) groups is 1. The molecule has 0 amide bonds. The molecule has 26 heavy (non-hydrogen) atoms.